The molecule has 25 heavy (non-hydrogen) atoms. The first-order valence-electron chi connectivity index (χ1n) is 7.79. The zero-order chi connectivity index (χ0) is 17.6. The van der Waals surface area contributed by atoms with Crippen molar-refractivity contribution >= 4 is 17.7 Å². The van der Waals surface area contributed by atoms with Gasteiger partial charge in [-0.3, -0.25) is 4.79 Å². The molecule has 0 aliphatic rings. The number of aromatic nitrogens is 3. The Morgan fingerprint density at radius 1 is 0.920 bits per heavy atom. The van der Waals surface area contributed by atoms with E-state index in [1.165, 1.54) is 18.9 Å². The van der Waals surface area contributed by atoms with Gasteiger partial charge in [-0.15, -0.1) is 10.2 Å². The fraction of sp³-hybridized carbons (Fsp3) is 0.158. The highest BCUT2D eigenvalue weighted by atomic mass is 32.2. The molecule has 0 fully saturated rings. The van der Waals surface area contributed by atoms with Crippen molar-refractivity contribution in [3.8, 4) is 22.5 Å². The van der Waals surface area contributed by atoms with E-state index in [4.69, 9.17) is 4.74 Å². The number of hydrogen-bond acceptors (Lipinski definition) is 6. The maximum atomic E-state index is 11.6. The van der Waals surface area contributed by atoms with Crippen LogP contribution in [-0.4, -0.2) is 33.5 Å². The van der Waals surface area contributed by atoms with Crippen LogP contribution < -0.4 is 0 Å². The largest absolute Gasteiger partial charge is 0.468 e. The molecule has 1 atom stereocenters. The van der Waals surface area contributed by atoms with Crippen molar-refractivity contribution in [3.05, 3.63) is 60.7 Å². The zero-order valence-corrected chi connectivity index (χ0v) is 14.7. The van der Waals surface area contributed by atoms with Crippen molar-refractivity contribution in [2.75, 3.05) is 7.11 Å². The summed E-state index contributed by atoms with van der Waals surface area (Å²) in [6.45, 7) is 1.76. The third kappa shape index (κ3) is 4.03. The van der Waals surface area contributed by atoms with Crippen LogP contribution in [0, 0.1) is 0 Å². The van der Waals surface area contributed by atoms with Crippen LogP contribution in [0.15, 0.2) is 65.8 Å². The molecule has 0 radical (unpaired) electrons. The molecule has 5 nitrogen and oxygen atoms in total. The third-order valence-electron chi connectivity index (χ3n) is 3.58. The maximum absolute atomic E-state index is 11.6. The van der Waals surface area contributed by atoms with Crippen molar-refractivity contribution in [2.24, 2.45) is 0 Å². The fourth-order valence-electron chi connectivity index (χ4n) is 2.32. The highest BCUT2D eigenvalue weighted by molar-refractivity contribution is 8.00. The van der Waals surface area contributed by atoms with Gasteiger partial charge in [0, 0.05) is 11.1 Å². The average Bonchev–Trinajstić information content (AvgIpc) is 2.68. The molecule has 3 rings (SSSR count). The van der Waals surface area contributed by atoms with Crippen molar-refractivity contribution in [1.82, 2.24) is 15.2 Å². The predicted octanol–water partition coefficient (Wildman–Crippen LogP) is 3.86. The van der Waals surface area contributed by atoms with Crippen LogP contribution >= 0.6 is 11.8 Å². The molecule has 0 saturated heterocycles. The lowest BCUT2D eigenvalue weighted by Crippen LogP contribution is -2.15. The third-order valence-corrected chi connectivity index (χ3v) is 4.51. The Kier molecular flexibility index (Phi) is 5.40. The van der Waals surface area contributed by atoms with Crippen LogP contribution in [0.3, 0.4) is 0 Å². The van der Waals surface area contributed by atoms with Crippen LogP contribution in [0.25, 0.3) is 22.5 Å². The van der Waals surface area contributed by atoms with Crippen molar-refractivity contribution < 1.29 is 9.53 Å². The molecule has 0 N–H and O–H groups in total. The highest BCUT2D eigenvalue weighted by Gasteiger charge is 2.19. The number of esters is 1. The fourth-order valence-corrected chi connectivity index (χ4v) is 3.06. The summed E-state index contributed by atoms with van der Waals surface area (Å²) in [6, 6.07) is 19.6. The number of methoxy groups -OCH3 is 1. The molecule has 0 saturated carbocycles. The van der Waals surface area contributed by atoms with Gasteiger partial charge in [-0.1, -0.05) is 72.4 Å². The van der Waals surface area contributed by atoms with Gasteiger partial charge in [0.2, 0.25) is 5.16 Å². The molecule has 0 bridgehead atoms. The highest BCUT2D eigenvalue weighted by Crippen LogP contribution is 2.30. The summed E-state index contributed by atoms with van der Waals surface area (Å²) >= 11 is 1.23. The molecule has 126 valence electrons. The summed E-state index contributed by atoms with van der Waals surface area (Å²) in [5.74, 6) is -0.318. The van der Waals surface area contributed by atoms with Crippen molar-refractivity contribution in [2.45, 2.75) is 17.3 Å². The van der Waals surface area contributed by atoms with Crippen LogP contribution in [-0.2, 0) is 9.53 Å². The Balaban J connectivity index is 2.04. The molecule has 1 heterocycles. The second-order valence-corrected chi connectivity index (χ2v) is 6.61. The van der Waals surface area contributed by atoms with Crippen LogP contribution in [0.2, 0.25) is 0 Å². The minimum absolute atomic E-state index is 0.318. The standard InChI is InChI=1S/C19H17N3O2S/c1-13(18(23)24-2)25-19-20-16(14-9-5-3-6-10-14)17(21-22-19)15-11-7-4-8-12-15/h3-13H,1-2H3/t13-/m1/s1. The molecular weight excluding hydrogens is 334 g/mol. The average molecular weight is 351 g/mol. The number of thioether (sulfide) groups is 1. The van der Waals surface area contributed by atoms with Gasteiger partial charge in [0.25, 0.3) is 0 Å². The predicted molar refractivity (Wildman–Crippen MR) is 98.0 cm³/mol. The molecule has 1 aromatic heterocycles. The van der Waals surface area contributed by atoms with Crippen LogP contribution in [0.5, 0.6) is 0 Å². The van der Waals surface area contributed by atoms with E-state index in [9.17, 15) is 4.79 Å². The number of hydrogen-bond donors (Lipinski definition) is 0. The molecule has 2 aromatic carbocycles. The maximum Gasteiger partial charge on any atom is 0.318 e. The molecule has 0 aliphatic carbocycles. The van der Waals surface area contributed by atoms with Gasteiger partial charge in [0.1, 0.15) is 16.6 Å². The summed E-state index contributed by atoms with van der Waals surface area (Å²) in [4.78, 5) is 16.3. The van der Waals surface area contributed by atoms with E-state index in [0.717, 1.165) is 16.8 Å². The number of rotatable bonds is 5. The van der Waals surface area contributed by atoms with Gasteiger partial charge in [-0.05, 0) is 6.92 Å². The topological polar surface area (TPSA) is 65.0 Å². The SMILES string of the molecule is COC(=O)[C@@H](C)Sc1nnc(-c2ccccc2)c(-c2ccccc2)n1. The Labute approximate surface area is 150 Å². The molecule has 0 unspecified atom stereocenters. The van der Waals surface area contributed by atoms with E-state index in [2.05, 4.69) is 15.2 Å². The van der Waals surface area contributed by atoms with E-state index in [-0.39, 0.29) is 5.97 Å². The minimum atomic E-state index is -0.405. The minimum Gasteiger partial charge on any atom is -0.468 e. The lowest BCUT2D eigenvalue weighted by Gasteiger charge is -2.11. The van der Waals surface area contributed by atoms with Gasteiger partial charge in [0.15, 0.2) is 0 Å². The van der Waals surface area contributed by atoms with Crippen molar-refractivity contribution in [3.63, 3.8) is 0 Å². The number of carbonyl (C=O) groups is 1. The van der Waals surface area contributed by atoms with E-state index in [1.807, 2.05) is 60.7 Å². The zero-order valence-electron chi connectivity index (χ0n) is 13.9. The molecule has 0 spiro atoms. The first kappa shape index (κ1) is 17.1. The number of benzene rings is 2. The van der Waals surface area contributed by atoms with E-state index >= 15 is 0 Å². The van der Waals surface area contributed by atoms with Gasteiger partial charge < -0.3 is 4.74 Å². The monoisotopic (exact) mass is 351 g/mol. The quantitative estimate of drug-likeness (QED) is 0.514. The molecule has 3 aromatic rings. The first-order chi connectivity index (χ1) is 12.2. The Hall–Kier alpha value is -2.73. The second kappa shape index (κ2) is 7.90. The summed E-state index contributed by atoms with van der Waals surface area (Å²) in [7, 11) is 1.37. The lowest BCUT2D eigenvalue weighted by molar-refractivity contribution is -0.139. The van der Waals surface area contributed by atoms with Gasteiger partial charge in [-0.2, -0.15) is 0 Å². The smallest absolute Gasteiger partial charge is 0.318 e. The lowest BCUT2D eigenvalue weighted by atomic mass is 10.0. The Morgan fingerprint density at radius 2 is 1.48 bits per heavy atom. The first-order valence-corrected chi connectivity index (χ1v) is 8.67. The van der Waals surface area contributed by atoms with Crippen molar-refractivity contribution in [1.29, 1.82) is 0 Å². The number of ether oxygens (including phenoxy) is 1. The molecule has 0 aliphatic heterocycles. The molecule has 6 heteroatoms. The van der Waals surface area contributed by atoms with Crippen LogP contribution in [0.4, 0.5) is 0 Å². The summed E-state index contributed by atoms with van der Waals surface area (Å²) in [5, 5.41) is 8.61. The molecular formula is C19H17N3O2S. The van der Waals surface area contributed by atoms with E-state index in [1.54, 1.807) is 6.92 Å². The summed E-state index contributed by atoms with van der Waals surface area (Å²) in [6.07, 6.45) is 0. The Morgan fingerprint density at radius 3 is 2.04 bits per heavy atom. The Bertz CT molecular complexity index is 857. The number of nitrogens with zero attached hydrogens (tertiary/aromatic N) is 3. The van der Waals surface area contributed by atoms with E-state index < -0.39 is 5.25 Å². The summed E-state index contributed by atoms with van der Waals surface area (Å²) in [5.41, 5.74) is 3.34. The van der Waals surface area contributed by atoms with Crippen LogP contribution in [0.1, 0.15) is 6.92 Å². The van der Waals surface area contributed by atoms with Gasteiger partial charge in [0.05, 0.1) is 7.11 Å². The second-order valence-electron chi connectivity index (χ2n) is 5.31. The summed E-state index contributed by atoms with van der Waals surface area (Å²) < 4.78 is 4.76. The molecule has 0 amide bonds. The van der Waals surface area contributed by atoms with E-state index in [0.29, 0.717) is 10.9 Å². The van der Waals surface area contributed by atoms with Gasteiger partial charge in [-0.25, -0.2) is 4.98 Å². The number of carbonyl (C=O) groups excluding carboxylic acids is 1. The van der Waals surface area contributed by atoms with Gasteiger partial charge >= 0.3 is 5.97 Å². The normalized spacial score (nSPS) is 11.8.